The molecular weight excluding hydrogens is 190 g/mol. The van der Waals surface area contributed by atoms with Crippen molar-refractivity contribution in [2.45, 2.75) is 19.8 Å². The highest BCUT2D eigenvalue weighted by Gasteiger charge is 2.16. The van der Waals surface area contributed by atoms with Gasteiger partial charge in [0, 0.05) is 16.8 Å². The first kappa shape index (κ1) is 10.4. The summed E-state index contributed by atoms with van der Waals surface area (Å²) in [6, 6.07) is 2.88. The van der Waals surface area contributed by atoms with Crippen molar-refractivity contribution in [3.8, 4) is 6.07 Å². The van der Waals surface area contributed by atoms with Crippen LogP contribution in [0.2, 0.25) is 0 Å². The van der Waals surface area contributed by atoms with Crippen LogP contribution in [0.25, 0.3) is 0 Å². The van der Waals surface area contributed by atoms with Gasteiger partial charge < -0.3 is 4.98 Å². The number of nitrogens with one attached hydrogen (secondary N) is 1. The van der Waals surface area contributed by atoms with Gasteiger partial charge in [-0.25, -0.2) is 8.78 Å². The predicted molar refractivity (Wildman–Crippen MR) is 46.1 cm³/mol. The molecule has 0 fully saturated rings. The van der Waals surface area contributed by atoms with Crippen LogP contribution in [0.5, 0.6) is 0 Å². The summed E-state index contributed by atoms with van der Waals surface area (Å²) in [5.74, 6) is 0. The Labute approximate surface area is 79.0 Å². The molecule has 0 saturated heterocycles. The van der Waals surface area contributed by atoms with Crippen LogP contribution in [0, 0.1) is 18.3 Å². The summed E-state index contributed by atoms with van der Waals surface area (Å²) in [7, 11) is 0. The van der Waals surface area contributed by atoms with Crippen LogP contribution >= 0.6 is 0 Å². The molecule has 0 saturated carbocycles. The molecular formula is C9H8F2N2O. The van der Waals surface area contributed by atoms with E-state index in [1.807, 2.05) is 0 Å². The number of aromatic amines is 1. The van der Waals surface area contributed by atoms with Crippen molar-refractivity contribution < 1.29 is 8.78 Å². The third kappa shape index (κ3) is 1.96. The molecule has 0 spiro atoms. The molecule has 3 nitrogen and oxygen atoms in total. The Bertz CT molecular complexity index is 431. The number of nitrogens with zero attached hydrogens (tertiary/aromatic N) is 1. The van der Waals surface area contributed by atoms with E-state index in [0.29, 0.717) is 5.69 Å². The van der Waals surface area contributed by atoms with Crippen LogP contribution < -0.4 is 5.56 Å². The molecule has 0 bridgehead atoms. The van der Waals surface area contributed by atoms with Gasteiger partial charge >= 0.3 is 0 Å². The van der Waals surface area contributed by atoms with Gasteiger partial charge in [-0.05, 0) is 13.0 Å². The predicted octanol–water partition coefficient (Wildman–Crippen LogP) is 1.69. The number of aromatic nitrogens is 1. The van der Waals surface area contributed by atoms with Crippen molar-refractivity contribution in [3.05, 3.63) is 33.2 Å². The lowest BCUT2D eigenvalue weighted by Gasteiger charge is -2.05. The number of hydrogen-bond donors (Lipinski definition) is 1. The first-order chi connectivity index (χ1) is 6.56. The van der Waals surface area contributed by atoms with Crippen molar-refractivity contribution in [3.63, 3.8) is 0 Å². The Hall–Kier alpha value is -1.70. The molecule has 0 unspecified atom stereocenters. The Morgan fingerprint density at radius 3 is 2.79 bits per heavy atom. The molecule has 14 heavy (non-hydrogen) atoms. The highest BCUT2D eigenvalue weighted by Crippen LogP contribution is 2.21. The molecule has 74 valence electrons. The fourth-order valence-corrected chi connectivity index (χ4v) is 1.20. The molecule has 0 radical (unpaired) electrons. The molecule has 0 aliphatic carbocycles. The molecule has 1 heterocycles. The first-order valence-electron chi connectivity index (χ1n) is 3.94. The number of aryl methyl sites for hydroxylation is 1. The topological polar surface area (TPSA) is 56.6 Å². The highest BCUT2D eigenvalue weighted by molar-refractivity contribution is 5.29. The van der Waals surface area contributed by atoms with E-state index in [9.17, 15) is 13.6 Å². The van der Waals surface area contributed by atoms with Gasteiger partial charge in [0.25, 0.3) is 12.0 Å². The fourth-order valence-electron chi connectivity index (χ4n) is 1.20. The number of alkyl halides is 2. The van der Waals surface area contributed by atoms with Crippen molar-refractivity contribution in [2.75, 3.05) is 0 Å². The minimum atomic E-state index is -2.72. The average Bonchev–Trinajstić information content (AvgIpc) is 2.09. The molecule has 1 aromatic rings. The van der Waals surface area contributed by atoms with E-state index in [1.165, 1.54) is 13.0 Å². The second-order valence-electron chi connectivity index (χ2n) is 2.85. The Morgan fingerprint density at radius 1 is 1.64 bits per heavy atom. The molecule has 0 aliphatic heterocycles. The van der Waals surface area contributed by atoms with Gasteiger partial charge in [0.2, 0.25) is 0 Å². The zero-order valence-electron chi connectivity index (χ0n) is 7.47. The smallest absolute Gasteiger partial charge is 0.264 e. The maximum Gasteiger partial charge on any atom is 0.264 e. The van der Waals surface area contributed by atoms with Gasteiger partial charge in [0.05, 0.1) is 12.5 Å². The normalized spacial score (nSPS) is 10.2. The minimum absolute atomic E-state index is 0.145. The molecule has 0 aliphatic rings. The van der Waals surface area contributed by atoms with Gasteiger partial charge in [-0.3, -0.25) is 4.79 Å². The number of halogens is 2. The van der Waals surface area contributed by atoms with E-state index in [2.05, 4.69) is 4.98 Å². The second-order valence-corrected chi connectivity index (χ2v) is 2.85. The lowest BCUT2D eigenvalue weighted by Crippen LogP contribution is -2.16. The molecule has 0 atom stereocenters. The number of rotatable bonds is 2. The van der Waals surface area contributed by atoms with Crippen LogP contribution in [-0.2, 0) is 6.42 Å². The van der Waals surface area contributed by atoms with Crippen molar-refractivity contribution in [1.29, 1.82) is 5.26 Å². The monoisotopic (exact) mass is 198 g/mol. The molecule has 1 N–H and O–H groups in total. The maximum atomic E-state index is 12.4. The summed E-state index contributed by atoms with van der Waals surface area (Å²) in [4.78, 5) is 13.6. The lowest BCUT2D eigenvalue weighted by atomic mass is 10.1. The standard InChI is InChI=1S/C9H8F2N2O/c1-5-4-7(8(10)11)6(2-3-12)9(14)13-5/h4,8H,2H2,1H3,(H,13,14). The van der Waals surface area contributed by atoms with Crippen molar-refractivity contribution >= 4 is 0 Å². The summed E-state index contributed by atoms with van der Waals surface area (Å²) >= 11 is 0. The largest absolute Gasteiger partial charge is 0.326 e. The van der Waals surface area contributed by atoms with Gasteiger partial charge in [0.1, 0.15) is 0 Å². The van der Waals surface area contributed by atoms with Crippen molar-refractivity contribution in [1.82, 2.24) is 4.98 Å². The highest BCUT2D eigenvalue weighted by atomic mass is 19.3. The lowest BCUT2D eigenvalue weighted by molar-refractivity contribution is 0.150. The van der Waals surface area contributed by atoms with Crippen LogP contribution in [0.4, 0.5) is 8.78 Å². The van der Waals surface area contributed by atoms with Gasteiger partial charge in [-0.15, -0.1) is 0 Å². The third-order valence-corrected chi connectivity index (χ3v) is 1.80. The number of hydrogen-bond acceptors (Lipinski definition) is 2. The quantitative estimate of drug-likeness (QED) is 0.786. The number of pyridine rings is 1. The van der Waals surface area contributed by atoms with Crippen LogP contribution in [0.3, 0.4) is 0 Å². The van der Waals surface area contributed by atoms with E-state index in [-0.39, 0.29) is 17.5 Å². The van der Waals surface area contributed by atoms with Gasteiger partial charge in [-0.1, -0.05) is 0 Å². The Balaban J connectivity index is 3.38. The molecule has 0 amide bonds. The summed E-state index contributed by atoms with van der Waals surface area (Å²) in [6.45, 7) is 1.52. The zero-order chi connectivity index (χ0) is 10.7. The Kier molecular flexibility index (Phi) is 2.97. The zero-order valence-corrected chi connectivity index (χ0v) is 7.47. The number of H-pyrrole nitrogens is 1. The van der Waals surface area contributed by atoms with E-state index in [1.54, 1.807) is 6.07 Å². The second kappa shape index (κ2) is 4.01. The minimum Gasteiger partial charge on any atom is -0.326 e. The summed E-state index contributed by atoms with van der Waals surface area (Å²) in [5, 5.41) is 8.37. The van der Waals surface area contributed by atoms with Crippen LogP contribution in [0.1, 0.15) is 23.2 Å². The third-order valence-electron chi connectivity index (χ3n) is 1.80. The first-order valence-corrected chi connectivity index (χ1v) is 3.94. The fraction of sp³-hybridized carbons (Fsp3) is 0.333. The summed E-state index contributed by atoms with van der Waals surface area (Å²) in [6.07, 6.45) is -3.02. The van der Waals surface area contributed by atoms with Gasteiger partial charge in [-0.2, -0.15) is 5.26 Å². The Morgan fingerprint density at radius 2 is 2.29 bits per heavy atom. The van der Waals surface area contributed by atoms with Crippen LogP contribution in [0.15, 0.2) is 10.9 Å². The van der Waals surface area contributed by atoms with Crippen molar-refractivity contribution in [2.24, 2.45) is 0 Å². The number of nitriles is 1. The molecule has 5 heteroatoms. The van der Waals surface area contributed by atoms with E-state index in [0.717, 1.165) is 0 Å². The summed E-state index contributed by atoms with van der Waals surface area (Å²) < 4.78 is 24.9. The molecule has 1 rings (SSSR count). The van der Waals surface area contributed by atoms with E-state index < -0.39 is 12.0 Å². The average molecular weight is 198 g/mol. The van der Waals surface area contributed by atoms with Crippen LogP contribution in [-0.4, -0.2) is 4.98 Å². The molecule has 0 aromatic carbocycles. The SMILES string of the molecule is Cc1cc(C(F)F)c(CC#N)c(=O)[nH]1. The maximum absolute atomic E-state index is 12.4. The molecule has 1 aromatic heterocycles. The van der Waals surface area contributed by atoms with Gasteiger partial charge in [0.15, 0.2) is 0 Å². The van der Waals surface area contributed by atoms with E-state index in [4.69, 9.17) is 5.26 Å². The summed E-state index contributed by atoms with van der Waals surface area (Å²) in [5.41, 5.74) is -0.741. The van der Waals surface area contributed by atoms with E-state index >= 15 is 0 Å².